The maximum atomic E-state index is 13.2. The Kier molecular flexibility index (Phi) is 9.28. The van der Waals surface area contributed by atoms with Crippen molar-refractivity contribution >= 4 is 23.7 Å². The van der Waals surface area contributed by atoms with Crippen LogP contribution in [0.4, 0.5) is 5.95 Å². The number of aryl methyl sites for hydroxylation is 1. The SMILES string of the molecule is CCCCOC(=O)C1=C(C)Nc2nc(SCCCC)nn2C1c1ccc(OCc2ccc(C)cc2)cc1. The van der Waals surface area contributed by atoms with Gasteiger partial charge in [-0.05, 0) is 49.9 Å². The standard InChI is InChI=1S/C29H36N4O3S/c1-5-7-17-35-27(34)25-21(4)30-28-31-29(37-18-8-6-2)32-33(28)26(25)23-13-15-24(16-14-23)36-19-22-11-9-20(3)10-12-22/h9-16,26H,5-8,17-19H2,1-4H3,(H,30,31,32). The third-order valence-corrected chi connectivity index (χ3v) is 7.16. The molecule has 1 unspecified atom stereocenters. The molecule has 37 heavy (non-hydrogen) atoms. The molecule has 0 spiro atoms. The number of carbonyl (C=O) groups excluding carboxylic acids is 1. The van der Waals surface area contributed by atoms with Gasteiger partial charge in [0.15, 0.2) is 0 Å². The molecular weight excluding hydrogens is 484 g/mol. The molecule has 0 radical (unpaired) electrons. The normalized spacial score (nSPS) is 14.8. The van der Waals surface area contributed by atoms with Crippen molar-refractivity contribution in [1.29, 1.82) is 0 Å². The number of thioether (sulfide) groups is 1. The molecule has 0 saturated carbocycles. The van der Waals surface area contributed by atoms with Gasteiger partial charge in [0.05, 0.1) is 12.2 Å². The molecule has 4 rings (SSSR count). The van der Waals surface area contributed by atoms with Crippen molar-refractivity contribution in [3.8, 4) is 5.75 Å². The van der Waals surface area contributed by atoms with Crippen LogP contribution in [0.1, 0.15) is 69.2 Å². The fourth-order valence-corrected chi connectivity index (χ4v) is 4.97. The zero-order chi connectivity index (χ0) is 26.2. The van der Waals surface area contributed by atoms with Crippen molar-refractivity contribution in [3.63, 3.8) is 0 Å². The summed E-state index contributed by atoms with van der Waals surface area (Å²) in [6.45, 7) is 9.10. The Morgan fingerprint density at radius 3 is 2.46 bits per heavy atom. The van der Waals surface area contributed by atoms with E-state index in [0.29, 0.717) is 29.9 Å². The van der Waals surface area contributed by atoms with Gasteiger partial charge in [0, 0.05) is 11.4 Å². The van der Waals surface area contributed by atoms with E-state index in [1.807, 2.05) is 31.2 Å². The van der Waals surface area contributed by atoms with Crippen LogP contribution < -0.4 is 10.1 Å². The number of anilines is 1. The van der Waals surface area contributed by atoms with Gasteiger partial charge < -0.3 is 14.8 Å². The Hall–Kier alpha value is -3.26. The molecule has 0 fully saturated rings. The zero-order valence-corrected chi connectivity index (χ0v) is 22.9. The lowest BCUT2D eigenvalue weighted by molar-refractivity contribution is -0.139. The average molecular weight is 521 g/mol. The molecule has 196 valence electrons. The minimum atomic E-state index is -0.440. The van der Waals surface area contributed by atoms with Gasteiger partial charge in [0.1, 0.15) is 18.4 Å². The predicted molar refractivity (Wildman–Crippen MR) is 148 cm³/mol. The summed E-state index contributed by atoms with van der Waals surface area (Å²) in [6.07, 6.45) is 4.01. The van der Waals surface area contributed by atoms with Crippen LogP contribution in [0, 0.1) is 6.92 Å². The van der Waals surface area contributed by atoms with Crippen LogP contribution in [0.15, 0.2) is 65.0 Å². The van der Waals surface area contributed by atoms with E-state index in [9.17, 15) is 4.79 Å². The summed E-state index contributed by atoms with van der Waals surface area (Å²) in [4.78, 5) is 17.9. The second-order valence-corrected chi connectivity index (χ2v) is 10.3. The van der Waals surface area contributed by atoms with E-state index in [1.54, 1.807) is 16.4 Å². The monoisotopic (exact) mass is 520 g/mol. The number of allylic oxidation sites excluding steroid dienone is 1. The first kappa shape index (κ1) is 26.8. The molecule has 0 aliphatic carbocycles. The highest BCUT2D eigenvalue weighted by molar-refractivity contribution is 7.99. The number of benzene rings is 2. The Morgan fingerprint density at radius 1 is 1.03 bits per heavy atom. The first-order valence-corrected chi connectivity index (χ1v) is 14.0. The first-order chi connectivity index (χ1) is 18.0. The van der Waals surface area contributed by atoms with E-state index in [-0.39, 0.29) is 5.97 Å². The Balaban J connectivity index is 1.59. The van der Waals surface area contributed by atoms with Gasteiger partial charge in [0.2, 0.25) is 11.1 Å². The Morgan fingerprint density at radius 2 is 1.76 bits per heavy atom. The molecule has 1 aromatic heterocycles. The van der Waals surface area contributed by atoms with E-state index < -0.39 is 6.04 Å². The van der Waals surface area contributed by atoms with Gasteiger partial charge in [-0.2, -0.15) is 4.98 Å². The van der Waals surface area contributed by atoms with Crippen LogP contribution in [0.5, 0.6) is 5.75 Å². The highest BCUT2D eigenvalue weighted by atomic mass is 32.2. The Bertz CT molecular complexity index is 1220. The third-order valence-electron chi connectivity index (χ3n) is 6.24. The highest BCUT2D eigenvalue weighted by Gasteiger charge is 2.35. The Labute approximate surface area is 223 Å². The summed E-state index contributed by atoms with van der Waals surface area (Å²) in [7, 11) is 0. The minimum Gasteiger partial charge on any atom is -0.489 e. The predicted octanol–water partition coefficient (Wildman–Crippen LogP) is 6.69. The molecule has 1 N–H and O–H groups in total. The summed E-state index contributed by atoms with van der Waals surface area (Å²) in [6, 6.07) is 15.7. The zero-order valence-electron chi connectivity index (χ0n) is 22.1. The van der Waals surface area contributed by atoms with Crippen LogP contribution in [0.2, 0.25) is 0 Å². The molecule has 3 aromatic rings. The van der Waals surface area contributed by atoms with Crippen molar-refractivity contribution in [2.24, 2.45) is 0 Å². The van der Waals surface area contributed by atoms with Crippen LogP contribution in [0.25, 0.3) is 0 Å². The van der Waals surface area contributed by atoms with Gasteiger partial charge in [-0.15, -0.1) is 5.10 Å². The van der Waals surface area contributed by atoms with Gasteiger partial charge in [0.25, 0.3) is 0 Å². The topological polar surface area (TPSA) is 78.3 Å². The third kappa shape index (κ3) is 6.74. The number of carbonyl (C=O) groups is 1. The van der Waals surface area contributed by atoms with Crippen molar-refractivity contribution in [1.82, 2.24) is 14.8 Å². The fourth-order valence-electron chi connectivity index (χ4n) is 4.06. The molecular formula is C29H36N4O3S. The lowest BCUT2D eigenvalue weighted by Gasteiger charge is -2.28. The summed E-state index contributed by atoms with van der Waals surface area (Å²) in [5, 5.41) is 8.76. The maximum Gasteiger partial charge on any atom is 0.338 e. The van der Waals surface area contributed by atoms with E-state index in [4.69, 9.17) is 19.6 Å². The number of nitrogens with zero attached hydrogens (tertiary/aromatic N) is 3. The minimum absolute atomic E-state index is 0.329. The molecule has 0 amide bonds. The largest absolute Gasteiger partial charge is 0.489 e. The van der Waals surface area contributed by atoms with Crippen molar-refractivity contribution in [2.75, 3.05) is 17.7 Å². The van der Waals surface area contributed by atoms with Crippen LogP contribution >= 0.6 is 11.8 Å². The van der Waals surface area contributed by atoms with Crippen LogP contribution in [-0.2, 0) is 16.1 Å². The van der Waals surface area contributed by atoms with E-state index in [1.165, 1.54) is 5.56 Å². The second kappa shape index (κ2) is 12.8. The summed E-state index contributed by atoms with van der Waals surface area (Å²) in [5.41, 5.74) is 4.54. The van der Waals surface area contributed by atoms with Gasteiger partial charge in [-0.1, -0.05) is 80.4 Å². The van der Waals surface area contributed by atoms with Crippen molar-refractivity contribution in [3.05, 3.63) is 76.5 Å². The van der Waals surface area contributed by atoms with E-state index in [2.05, 4.69) is 50.4 Å². The number of aromatic nitrogens is 3. The molecule has 1 aliphatic heterocycles. The maximum absolute atomic E-state index is 13.2. The molecule has 1 atom stereocenters. The number of fused-ring (bicyclic) bond motifs is 1. The molecule has 7 nitrogen and oxygen atoms in total. The highest BCUT2D eigenvalue weighted by Crippen LogP contribution is 2.37. The van der Waals surface area contributed by atoms with Gasteiger partial charge in [-0.25, -0.2) is 9.48 Å². The number of hydrogen-bond acceptors (Lipinski definition) is 7. The quantitative estimate of drug-likeness (QED) is 0.162. The van der Waals surface area contributed by atoms with Crippen LogP contribution in [0.3, 0.4) is 0 Å². The molecule has 2 aromatic carbocycles. The molecule has 2 heterocycles. The molecule has 1 aliphatic rings. The summed E-state index contributed by atoms with van der Waals surface area (Å²) >= 11 is 1.63. The second-order valence-electron chi connectivity index (χ2n) is 9.26. The summed E-state index contributed by atoms with van der Waals surface area (Å²) in [5.74, 6) is 2.02. The van der Waals surface area contributed by atoms with Crippen molar-refractivity contribution < 1.29 is 14.3 Å². The fraction of sp³-hybridized carbons (Fsp3) is 0.414. The van der Waals surface area contributed by atoms with E-state index in [0.717, 1.165) is 54.0 Å². The number of rotatable bonds is 12. The number of esters is 1. The number of nitrogens with one attached hydrogen (secondary N) is 1. The lowest BCUT2D eigenvalue weighted by atomic mass is 9.96. The number of hydrogen-bond donors (Lipinski definition) is 1. The number of ether oxygens (including phenoxy) is 2. The summed E-state index contributed by atoms with van der Waals surface area (Å²) < 4.78 is 13.5. The van der Waals surface area contributed by atoms with E-state index >= 15 is 0 Å². The van der Waals surface area contributed by atoms with Crippen molar-refractivity contribution in [2.45, 2.75) is 71.2 Å². The van der Waals surface area contributed by atoms with Gasteiger partial charge >= 0.3 is 5.97 Å². The molecule has 0 saturated heterocycles. The first-order valence-electron chi connectivity index (χ1n) is 13.0. The smallest absolute Gasteiger partial charge is 0.338 e. The van der Waals surface area contributed by atoms with Gasteiger partial charge in [-0.3, -0.25) is 0 Å². The number of unbranched alkanes of at least 4 members (excludes halogenated alkanes) is 2. The molecule has 0 bridgehead atoms. The molecule has 8 heteroatoms. The average Bonchev–Trinajstić information content (AvgIpc) is 3.30. The lowest BCUT2D eigenvalue weighted by Crippen LogP contribution is -2.29. The van der Waals surface area contributed by atoms with Crippen LogP contribution in [-0.4, -0.2) is 33.1 Å².